The fourth-order valence-electron chi connectivity index (χ4n) is 6.95. The Morgan fingerprint density at radius 3 is 2.13 bits per heavy atom. The molecule has 5 amide bonds. The van der Waals surface area contributed by atoms with Crippen molar-refractivity contribution >= 4 is 29.5 Å². The molecule has 0 aromatic rings. The number of nitrogens with zero attached hydrogens (tertiary/aromatic N) is 1. The third-order valence-corrected chi connectivity index (χ3v) is 9.76. The summed E-state index contributed by atoms with van der Waals surface area (Å²) in [4.78, 5) is 66.7. The number of carbonyl (C=O) groups excluding carboxylic acids is 5. The second-order valence-corrected chi connectivity index (χ2v) is 14.0. The molecule has 39 heavy (non-hydrogen) atoms. The molecule has 10 heteroatoms. The van der Waals surface area contributed by atoms with Crippen LogP contribution >= 0.6 is 0 Å². The maximum absolute atomic E-state index is 14.0. The molecule has 3 saturated carbocycles. The molecule has 4 aliphatic rings. The number of nitrogens with two attached hydrogens (primary N) is 1. The Hall–Kier alpha value is -2.65. The lowest BCUT2D eigenvalue weighted by Gasteiger charge is -2.38. The van der Waals surface area contributed by atoms with Gasteiger partial charge in [0.1, 0.15) is 12.1 Å². The number of carbonyl (C=O) groups is 5. The van der Waals surface area contributed by atoms with Gasteiger partial charge in [0.2, 0.25) is 17.6 Å². The Kier molecular flexibility index (Phi) is 8.34. The van der Waals surface area contributed by atoms with Gasteiger partial charge in [-0.3, -0.25) is 19.2 Å². The first-order chi connectivity index (χ1) is 18.2. The van der Waals surface area contributed by atoms with E-state index in [9.17, 15) is 24.0 Å². The number of nitrogens with one attached hydrogen (secondary N) is 3. The SMILES string of the molecule is CC(C)(C)[C@H](NC(=O)NC1CCCCC1)C(=O)N1C[C@H]2[C@@H]([C@H]1C(=O)NC(CC1CCC1)C(=O)C(N)=O)C2(C)C. The first kappa shape index (κ1) is 29.3. The number of Topliss-reactive ketones (excluding diaryl/α,β-unsaturated/α-hetero) is 1. The normalized spacial score (nSPS) is 27.9. The molecule has 4 rings (SSSR count). The van der Waals surface area contributed by atoms with E-state index < -0.39 is 41.1 Å². The van der Waals surface area contributed by atoms with E-state index in [1.165, 1.54) is 6.42 Å². The van der Waals surface area contributed by atoms with E-state index in [1.54, 1.807) is 4.90 Å². The van der Waals surface area contributed by atoms with E-state index in [0.29, 0.717) is 13.0 Å². The number of piperidine rings is 1. The molecule has 1 unspecified atom stereocenters. The minimum Gasteiger partial charge on any atom is -0.363 e. The third kappa shape index (κ3) is 6.24. The molecule has 0 bridgehead atoms. The summed E-state index contributed by atoms with van der Waals surface area (Å²) in [6.07, 6.45) is 8.53. The number of hydrogen-bond acceptors (Lipinski definition) is 5. The van der Waals surface area contributed by atoms with E-state index in [2.05, 4.69) is 29.8 Å². The van der Waals surface area contributed by atoms with Gasteiger partial charge in [0.15, 0.2) is 0 Å². The summed E-state index contributed by atoms with van der Waals surface area (Å²) in [5.41, 5.74) is 4.58. The molecule has 10 nitrogen and oxygen atoms in total. The number of likely N-dealkylation sites (tertiary alicyclic amines) is 1. The van der Waals surface area contributed by atoms with Gasteiger partial charge in [-0.1, -0.05) is 73.1 Å². The molecule has 3 aliphatic carbocycles. The molecule has 5 atom stereocenters. The first-order valence-electron chi connectivity index (χ1n) is 14.7. The average Bonchev–Trinajstić information content (AvgIpc) is 3.15. The average molecular weight is 546 g/mol. The molecule has 0 spiro atoms. The molecule has 218 valence electrons. The van der Waals surface area contributed by atoms with Crippen molar-refractivity contribution < 1.29 is 24.0 Å². The predicted octanol–water partition coefficient (Wildman–Crippen LogP) is 2.25. The quantitative estimate of drug-likeness (QED) is 0.328. The van der Waals surface area contributed by atoms with Crippen molar-refractivity contribution in [1.29, 1.82) is 0 Å². The zero-order chi connectivity index (χ0) is 28.7. The van der Waals surface area contributed by atoms with Crippen LogP contribution in [0.5, 0.6) is 0 Å². The Morgan fingerprint density at radius 2 is 1.59 bits per heavy atom. The van der Waals surface area contributed by atoms with Crippen LogP contribution in [0.1, 0.15) is 92.4 Å². The van der Waals surface area contributed by atoms with E-state index in [4.69, 9.17) is 5.73 Å². The van der Waals surface area contributed by atoms with Crippen molar-refractivity contribution in [3.05, 3.63) is 0 Å². The summed E-state index contributed by atoms with van der Waals surface area (Å²) in [6, 6.07) is -2.88. The van der Waals surface area contributed by atoms with Gasteiger partial charge >= 0.3 is 6.03 Å². The van der Waals surface area contributed by atoms with E-state index in [0.717, 1.165) is 44.9 Å². The number of rotatable bonds is 9. The van der Waals surface area contributed by atoms with Crippen LogP contribution in [-0.2, 0) is 19.2 Å². The fraction of sp³-hybridized carbons (Fsp3) is 0.828. The summed E-state index contributed by atoms with van der Waals surface area (Å²) >= 11 is 0. The maximum atomic E-state index is 14.0. The lowest BCUT2D eigenvalue weighted by Crippen LogP contribution is -2.61. The van der Waals surface area contributed by atoms with Crippen molar-refractivity contribution in [3.8, 4) is 0 Å². The minimum absolute atomic E-state index is 0.0637. The van der Waals surface area contributed by atoms with E-state index in [-0.39, 0.29) is 41.1 Å². The van der Waals surface area contributed by atoms with Crippen molar-refractivity contribution in [2.45, 2.75) is 117 Å². The second-order valence-electron chi connectivity index (χ2n) is 14.0. The molecule has 1 aliphatic heterocycles. The van der Waals surface area contributed by atoms with Crippen LogP contribution in [0.3, 0.4) is 0 Å². The highest BCUT2D eigenvalue weighted by molar-refractivity contribution is 6.37. The monoisotopic (exact) mass is 545 g/mol. The van der Waals surface area contributed by atoms with Crippen LogP contribution in [-0.4, -0.2) is 65.1 Å². The van der Waals surface area contributed by atoms with Gasteiger partial charge in [-0.05, 0) is 47.8 Å². The minimum atomic E-state index is -1.07. The smallest absolute Gasteiger partial charge is 0.315 e. The van der Waals surface area contributed by atoms with E-state index in [1.807, 2.05) is 20.8 Å². The number of primary amides is 1. The molecule has 5 N–H and O–H groups in total. The zero-order valence-electron chi connectivity index (χ0n) is 24.2. The van der Waals surface area contributed by atoms with Crippen LogP contribution in [0.2, 0.25) is 0 Å². The van der Waals surface area contributed by atoms with Gasteiger partial charge in [0.25, 0.3) is 5.91 Å². The highest BCUT2D eigenvalue weighted by atomic mass is 16.2. The molecular weight excluding hydrogens is 498 g/mol. The fourth-order valence-corrected chi connectivity index (χ4v) is 6.95. The van der Waals surface area contributed by atoms with Gasteiger partial charge in [-0.15, -0.1) is 0 Å². The first-order valence-corrected chi connectivity index (χ1v) is 14.7. The maximum Gasteiger partial charge on any atom is 0.315 e. The number of fused-ring (bicyclic) bond motifs is 1. The van der Waals surface area contributed by atoms with Crippen molar-refractivity contribution in [1.82, 2.24) is 20.9 Å². The third-order valence-electron chi connectivity index (χ3n) is 9.76. The number of urea groups is 1. The van der Waals surface area contributed by atoms with E-state index >= 15 is 0 Å². The van der Waals surface area contributed by atoms with Gasteiger partial charge in [-0.2, -0.15) is 0 Å². The molecule has 0 aromatic heterocycles. The highest BCUT2D eigenvalue weighted by Gasteiger charge is 2.70. The van der Waals surface area contributed by atoms with Crippen LogP contribution in [0.15, 0.2) is 0 Å². The predicted molar refractivity (Wildman–Crippen MR) is 146 cm³/mol. The Labute approximate surface area is 231 Å². The lowest BCUT2D eigenvalue weighted by atomic mass is 9.80. The van der Waals surface area contributed by atoms with Crippen molar-refractivity contribution in [3.63, 3.8) is 0 Å². The Morgan fingerprint density at radius 1 is 0.949 bits per heavy atom. The zero-order valence-corrected chi connectivity index (χ0v) is 24.2. The summed E-state index contributed by atoms with van der Waals surface area (Å²) in [5, 5.41) is 8.75. The van der Waals surface area contributed by atoms with Gasteiger partial charge in [0, 0.05) is 12.6 Å². The Balaban J connectivity index is 1.50. The molecule has 1 saturated heterocycles. The van der Waals surface area contributed by atoms with Gasteiger partial charge in [-0.25, -0.2) is 4.79 Å². The van der Waals surface area contributed by atoms with Crippen molar-refractivity contribution in [2.24, 2.45) is 34.3 Å². The topological polar surface area (TPSA) is 151 Å². The molecule has 4 fully saturated rings. The molecule has 0 radical (unpaired) electrons. The summed E-state index contributed by atoms with van der Waals surface area (Å²) in [5.74, 6) is -2.25. The van der Waals surface area contributed by atoms with Crippen LogP contribution in [0.25, 0.3) is 0 Å². The highest BCUT2D eigenvalue weighted by Crippen LogP contribution is 2.65. The standard InChI is InChI=1S/C29H47N5O5/c1-28(2,3)23(33-27(39)31-17-12-7-6-8-13-17)26(38)34-15-18-20(29(18,4)5)21(34)25(37)32-19(22(35)24(30)36)14-16-10-9-11-16/h16-21,23H,6-15H2,1-5H3,(H2,30,36)(H,32,37)(H2,31,33,39)/t18-,19?,20-,21-,23+/m0/s1. The second kappa shape index (κ2) is 11.1. The van der Waals surface area contributed by atoms with Crippen LogP contribution in [0, 0.1) is 28.6 Å². The van der Waals surface area contributed by atoms with Crippen LogP contribution < -0.4 is 21.7 Å². The molecule has 1 heterocycles. The largest absolute Gasteiger partial charge is 0.363 e. The lowest BCUT2D eigenvalue weighted by molar-refractivity contribution is -0.145. The summed E-state index contributed by atoms with van der Waals surface area (Å²) < 4.78 is 0. The number of hydrogen-bond donors (Lipinski definition) is 4. The van der Waals surface area contributed by atoms with Gasteiger partial charge in [0.05, 0.1) is 6.04 Å². The van der Waals surface area contributed by atoms with Gasteiger partial charge < -0.3 is 26.6 Å². The summed E-state index contributed by atoms with van der Waals surface area (Å²) in [7, 11) is 0. The van der Waals surface area contributed by atoms with Crippen LogP contribution in [0.4, 0.5) is 4.79 Å². The number of ketones is 1. The Bertz CT molecular complexity index is 995. The molecule has 0 aromatic carbocycles. The number of amides is 5. The molecular formula is C29H47N5O5. The summed E-state index contributed by atoms with van der Waals surface area (Å²) in [6.45, 7) is 10.3. The van der Waals surface area contributed by atoms with Crippen molar-refractivity contribution in [2.75, 3.05) is 6.54 Å².